The molecule has 0 bridgehead atoms. The Bertz CT molecular complexity index is 1050. The fraction of sp³-hybridized carbons (Fsp3) is 0.292. The third-order valence-corrected chi connectivity index (χ3v) is 5.47. The van der Waals surface area contributed by atoms with Gasteiger partial charge in [-0.25, -0.2) is 4.39 Å². The van der Waals surface area contributed by atoms with Gasteiger partial charge in [0.25, 0.3) is 0 Å². The third kappa shape index (κ3) is 6.13. The van der Waals surface area contributed by atoms with Crippen molar-refractivity contribution in [2.24, 2.45) is 5.92 Å². The molecule has 6 nitrogen and oxygen atoms in total. The van der Waals surface area contributed by atoms with Gasteiger partial charge in [-0.15, -0.1) is 0 Å². The topological polar surface area (TPSA) is 62.3 Å². The van der Waals surface area contributed by atoms with Crippen molar-refractivity contribution in [3.63, 3.8) is 0 Å². The van der Waals surface area contributed by atoms with Crippen molar-refractivity contribution in [3.05, 3.63) is 72.0 Å². The van der Waals surface area contributed by atoms with Crippen LogP contribution in [-0.2, 0) is 6.54 Å². The molecule has 0 saturated carbocycles. The van der Waals surface area contributed by atoms with E-state index >= 15 is 0 Å². The van der Waals surface area contributed by atoms with E-state index in [1.165, 1.54) is 18.6 Å². The average molecular weight is 452 g/mol. The number of rotatable bonds is 6. The van der Waals surface area contributed by atoms with E-state index in [1.807, 2.05) is 36.4 Å². The summed E-state index contributed by atoms with van der Waals surface area (Å²) >= 11 is 5.42. The summed E-state index contributed by atoms with van der Waals surface area (Å²) in [5, 5.41) is 6.54. The van der Waals surface area contributed by atoms with Crippen molar-refractivity contribution < 1.29 is 9.13 Å². The summed E-state index contributed by atoms with van der Waals surface area (Å²) in [5.41, 5.74) is 0.917. The largest absolute Gasteiger partial charge is 0.439 e. The fourth-order valence-electron chi connectivity index (χ4n) is 3.62. The number of nitrogens with zero attached hydrogens (tertiary/aromatic N) is 3. The van der Waals surface area contributed by atoms with Crippen LogP contribution in [0.15, 0.2) is 60.7 Å². The van der Waals surface area contributed by atoms with Crippen LogP contribution in [0.5, 0.6) is 11.6 Å². The van der Waals surface area contributed by atoms with Crippen LogP contribution >= 0.6 is 12.2 Å². The number of ether oxygens (including phenoxy) is 1. The second kappa shape index (κ2) is 10.4. The summed E-state index contributed by atoms with van der Waals surface area (Å²) < 4.78 is 19.1. The van der Waals surface area contributed by atoms with Crippen LogP contribution in [0.25, 0.3) is 0 Å². The molecule has 0 radical (unpaired) electrons. The first-order chi connectivity index (χ1) is 15.5. The van der Waals surface area contributed by atoms with Crippen LogP contribution in [0.4, 0.5) is 16.2 Å². The number of piperidine rings is 1. The second-order valence-corrected chi connectivity index (χ2v) is 8.34. The molecule has 1 fully saturated rings. The lowest BCUT2D eigenvalue weighted by Gasteiger charge is -2.32. The highest BCUT2D eigenvalue weighted by atomic mass is 32.1. The lowest BCUT2D eigenvalue weighted by Crippen LogP contribution is -2.35. The first kappa shape index (κ1) is 22.0. The van der Waals surface area contributed by atoms with E-state index in [0.717, 1.165) is 30.9 Å². The van der Waals surface area contributed by atoms with Crippen LogP contribution < -0.4 is 20.3 Å². The van der Waals surface area contributed by atoms with Gasteiger partial charge in [0, 0.05) is 25.7 Å². The average Bonchev–Trinajstić information content (AvgIpc) is 2.79. The molecule has 8 heteroatoms. The normalized spacial score (nSPS) is 15.8. The predicted molar refractivity (Wildman–Crippen MR) is 129 cm³/mol. The maximum atomic E-state index is 13.1. The summed E-state index contributed by atoms with van der Waals surface area (Å²) in [6.45, 7) is 4.60. The maximum absolute atomic E-state index is 13.1. The van der Waals surface area contributed by atoms with Gasteiger partial charge < -0.3 is 20.3 Å². The first-order valence-electron chi connectivity index (χ1n) is 10.7. The van der Waals surface area contributed by atoms with Crippen molar-refractivity contribution in [1.29, 1.82) is 0 Å². The molecule has 3 aromatic rings. The molecule has 166 valence electrons. The molecular formula is C24H26FN5OS. The molecule has 1 saturated heterocycles. The van der Waals surface area contributed by atoms with E-state index in [2.05, 4.69) is 32.4 Å². The minimum Gasteiger partial charge on any atom is -0.439 e. The summed E-state index contributed by atoms with van der Waals surface area (Å²) in [4.78, 5) is 11.4. The van der Waals surface area contributed by atoms with Gasteiger partial charge in [-0.2, -0.15) is 9.97 Å². The van der Waals surface area contributed by atoms with E-state index in [9.17, 15) is 4.39 Å². The summed E-state index contributed by atoms with van der Waals surface area (Å²) in [6.07, 6.45) is 2.35. The Hall–Kier alpha value is -3.26. The molecule has 0 aliphatic carbocycles. The minimum atomic E-state index is -0.266. The number of benzene rings is 2. The predicted octanol–water partition coefficient (Wildman–Crippen LogP) is 5.13. The monoisotopic (exact) mass is 451 g/mol. The summed E-state index contributed by atoms with van der Waals surface area (Å²) in [6, 6.07) is 17.7. The third-order valence-electron chi connectivity index (χ3n) is 5.23. The summed E-state index contributed by atoms with van der Waals surface area (Å²) in [7, 11) is 0. The first-order valence-corrected chi connectivity index (χ1v) is 11.1. The van der Waals surface area contributed by atoms with E-state index in [-0.39, 0.29) is 5.82 Å². The molecule has 1 aromatic heterocycles. The molecule has 1 aliphatic rings. The molecule has 2 aromatic carbocycles. The number of thiocarbonyl (C=S) groups is 1. The lowest BCUT2D eigenvalue weighted by atomic mass is 10.0. The van der Waals surface area contributed by atoms with Crippen LogP contribution in [0, 0.1) is 11.7 Å². The molecule has 1 atom stereocenters. The zero-order valence-corrected chi connectivity index (χ0v) is 18.7. The highest BCUT2D eigenvalue weighted by Crippen LogP contribution is 2.27. The standard InChI is InChI=1S/C24H26FN5OS/c1-17-6-5-13-30(16-17)21-14-22(31-20-7-3-2-4-8-20)28-23(27-21)29-24(32)26-15-18-9-11-19(25)12-10-18/h2-4,7-12,14,17H,5-6,13,15-16H2,1H3,(H2,26,27,28,29,32)/t17-/m0/s1. The minimum absolute atomic E-state index is 0.266. The van der Waals surface area contributed by atoms with Crippen LogP contribution in [0.3, 0.4) is 0 Å². The van der Waals surface area contributed by atoms with Gasteiger partial charge >= 0.3 is 0 Å². The van der Waals surface area contributed by atoms with Crippen molar-refractivity contribution >= 4 is 29.1 Å². The molecule has 1 aliphatic heterocycles. The maximum Gasteiger partial charge on any atom is 0.234 e. The quantitative estimate of drug-likeness (QED) is 0.504. The molecule has 32 heavy (non-hydrogen) atoms. The molecule has 0 spiro atoms. The van der Waals surface area contributed by atoms with Crippen LogP contribution in [0.1, 0.15) is 25.3 Å². The molecule has 2 N–H and O–H groups in total. The highest BCUT2D eigenvalue weighted by Gasteiger charge is 2.20. The molecule has 2 heterocycles. The lowest BCUT2D eigenvalue weighted by molar-refractivity contribution is 0.440. The van der Waals surface area contributed by atoms with Gasteiger partial charge in [0.05, 0.1) is 0 Å². The van der Waals surface area contributed by atoms with E-state index in [1.54, 1.807) is 12.1 Å². The van der Waals surface area contributed by atoms with Gasteiger partial charge in [0.15, 0.2) is 5.11 Å². The van der Waals surface area contributed by atoms with E-state index in [4.69, 9.17) is 17.0 Å². The van der Waals surface area contributed by atoms with Crippen LogP contribution in [-0.4, -0.2) is 28.2 Å². The van der Waals surface area contributed by atoms with Crippen molar-refractivity contribution in [2.75, 3.05) is 23.3 Å². The fourth-order valence-corrected chi connectivity index (χ4v) is 3.78. The van der Waals surface area contributed by atoms with E-state index < -0.39 is 0 Å². The second-order valence-electron chi connectivity index (χ2n) is 7.93. The molecule has 0 amide bonds. The number of hydrogen-bond donors (Lipinski definition) is 2. The van der Waals surface area contributed by atoms with Gasteiger partial charge in [-0.3, -0.25) is 0 Å². The van der Waals surface area contributed by atoms with Crippen molar-refractivity contribution in [2.45, 2.75) is 26.3 Å². The number of nitrogens with one attached hydrogen (secondary N) is 2. The van der Waals surface area contributed by atoms with Gasteiger partial charge in [-0.05, 0) is 60.8 Å². The Balaban J connectivity index is 1.50. The number of aromatic nitrogens is 2. The smallest absolute Gasteiger partial charge is 0.234 e. The van der Waals surface area contributed by atoms with Crippen LogP contribution in [0.2, 0.25) is 0 Å². The Morgan fingerprint density at radius 3 is 2.69 bits per heavy atom. The van der Waals surface area contributed by atoms with Crippen molar-refractivity contribution in [1.82, 2.24) is 15.3 Å². The van der Waals surface area contributed by atoms with Gasteiger partial charge in [0.2, 0.25) is 11.8 Å². The Morgan fingerprint density at radius 2 is 1.94 bits per heavy atom. The number of para-hydroxylation sites is 1. The number of hydrogen-bond acceptors (Lipinski definition) is 5. The zero-order chi connectivity index (χ0) is 22.3. The molecule has 0 unspecified atom stereocenters. The number of anilines is 2. The molecular weight excluding hydrogens is 425 g/mol. The molecule has 4 rings (SSSR count). The Morgan fingerprint density at radius 1 is 1.16 bits per heavy atom. The summed E-state index contributed by atoms with van der Waals surface area (Å²) in [5.74, 6) is 2.66. The highest BCUT2D eigenvalue weighted by molar-refractivity contribution is 7.80. The van der Waals surface area contributed by atoms with E-state index in [0.29, 0.717) is 35.2 Å². The van der Waals surface area contributed by atoms with Crippen molar-refractivity contribution in [3.8, 4) is 11.6 Å². The Kier molecular flexibility index (Phi) is 7.11. The number of halogens is 1. The Labute approximate surface area is 192 Å². The zero-order valence-electron chi connectivity index (χ0n) is 17.9. The van der Waals surface area contributed by atoms with Gasteiger partial charge in [0.1, 0.15) is 17.4 Å². The SMILES string of the molecule is C[C@H]1CCCN(c2cc(Oc3ccccc3)nc(NC(=S)NCc3ccc(F)cc3)n2)C1. The van der Waals surface area contributed by atoms with Gasteiger partial charge in [-0.1, -0.05) is 37.3 Å².